The van der Waals surface area contributed by atoms with Gasteiger partial charge in [0.25, 0.3) is 0 Å². The summed E-state index contributed by atoms with van der Waals surface area (Å²) in [5.74, 6) is -2.58. The minimum absolute atomic E-state index is 0.0541. The molecule has 1 aliphatic rings. The monoisotopic (exact) mass is 551 g/mol. The molecule has 0 saturated carbocycles. The van der Waals surface area contributed by atoms with E-state index in [-0.39, 0.29) is 25.1 Å². The Kier molecular flexibility index (Phi) is 7.43. The molecule has 3 rings (SSSR count). The summed E-state index contributed by atoms with van der Waals surface area (Å²) in [4.78, 5) is 25.8. The third kappa shape index (κ3) is 5.46. The Hall–Kier alpha value is -3.09. The highest BCUT2D eigenvalue weighted by Crippen LogP contribution is 2.41. The number of piperidine rings is 1. The third-order valence-corrected chi connectivity index (χ3v) is 9.18. The largest absolute Gasteiger partial charge is 0.465 e. The molecule has 1 atom stereocenters. The Morgan fingerprint density at radius 2 is 1.57 bits per heavy atom. The van der Waals surface area contributed by atoms with E-state index < -0.39 is 66.3 Å². The lowest BCUT2D eigenvalue weighted by atomic mass is 9.85. The molecule has 1 amide bonds. The Morgan fingerprint density at radius 3 is 2.11 bits per heavy atom. The van der Waals surface area contributed by atoms with Crippen molar-refractivity contribution < 1.29 is 49.1 Å². The number of halogens is 6. The van der Waals surface area contributed by atoms with E-state index in [2.05, 4.69) is 4.74 Å². The zero-order chi connectivity index (χ0) is 28.0. The summed E-state index contributed by atoms with van der Waals surface area (Å²) in [6, 6.07) is 5.58. The number of hydrogen-bond donors (Lipinski definition) is 0. The van der Waals surface area contributed by atoms with Crippen LogP contribution in [0.4, 0.5) is 32.0 Å². The maximum Gasteiger partial charge on any atom is 0.416 e. The normalized spacial score (nSPS) is 17.6. The first-order valence-corrected chi connectivity index (χ1v) is 12.4. The molecule has 0 bridgehead atoms. The minimum atomic E-state index is -4.75. The molecule has 202 valence electrons. The van der Waals surface area contributed by atoms with Gasteiger partial charge in [0.15, 0.2) is 9.84 Å². The van der Waals surface area contributed by atoms with Crippen molar-refractivity contribution in [2.45, 2.75) is 48.7 Å². The van der Waals surface area contributed by atoms with Gasteiger partial charge in [-0.1, -0.05) is 6.07 Å². The van der Waals surface area contributed by atoms with Crippen molar-refractivity contribution >= 4 is 27.4 Å². The van der Waals surface area contributed by atoms with Gasteiger partial charge in [-0.2, -0.15) is 26.3 Å². The highest BCUT2D eigenvalue weighted by molar-refractivity contribution is 7.92. The van der Waals surface area contributed by atoms with E-state index >= 15 is 0 Å². The number of sulfone groups is 1. The number of esters is 1. The molecule has 0 aromatic heterocycles. The van der Waals surface area contributed by atoms with Gasteiger partial charge in [-0.3, -0.25) is 4.79 Å². The Morgan fingerprint density at radius 1 is 0.973 bits per heavy atom. The molecular formula is C24H23F6NO5S. The molecule has 37 heavy (non-hydrogen) atoms. The predicted octanol–water partition coefficient (Wildman–Crippen LogP) is 5.51. The zero-order valence-electron chi connectivity index (χ0n) is 19.9. The molecule has 0 N–H and O–H groups in total. The number of anilines is 1. The lowest BCUT2D eigenvalue weighted by molar-refractivity contribution is -0.138. The van der Waals surface area contributed by atoms with Crippen molar-refractivity contribution in [3.8, 4) is 0 Å². The van der Waals surface area contributed by atoms with Crippen molar-refractivity contribution in [2.75, 3.05) is 18.6 Å². The fraction of sp³-hybridized carbons (Fsp3) is 0.417. The van der Waals surface area contributed by atoms with Crippen LogP contribution < -0.4 is 4.90 Å². The summed E-state index contributed by atoms with van der Waals surface area (Å²) in [5, 5.41) is 0. The van der Waals surface area contributed by atoms with E-state index in [1.807, 2.05) is 0 Å². The highest BCUT2D eigenvalue weighted by atomic mass is 32.2. The van der Waals surface area contributed by atoms with Crippen LogP contribution in [0.3, 0.4) is 0 Å². The van der Waals surface area contributed by atoms with E-state index in [1.165, 1.54) is 13.8 Å². The minimum Gasteiger partial charge on any atom is -0.465 e. The molecule has 1 heterocycles. The predicted molar refractivity (Wildman–Crippen MR) is 121 cm³/mol. The highest BCUT2D eigenvalue weighted by Gasteiger charge is 2.47. The van der Waals surface area contributed by atoms with Crippen LogP contribution in [-0.2, 0) is 31.7 Å². The molecule has 1 aliphatic heterocycles. The second kappa shape index (κ2) is 9.66. The second-order valence-corrected chi connectivity index (χ2v) is 11.6. The Labute approximate surface area is 209 Å². The van der Waals surface area contributed by atoms with Gasteiger partial charge >= 0.3 is 18.3 Å². The van der Waals surface area contributed by atoms with Gasteiger partial charge in [-0.25, -0.2) is 13.2 Å². The van der Waals surface area contributed by atoms with Gasteiger partial charge in [0.1, 0.15) is 0 Å². The smallest absolute Gasteiger partial charge is 0.416 e. The number of rotatable bonds is 5. The number of methoxy groups -OCH3 is 1. The summed E-state index contributed by atoms with van der Waals surface area (Å²) < 4.78 is 108. The molecule has 1 unspecified atom stereocenters. The summed E-state index contributed by atoms with van der Waals surface area (Å²) >= 11 is 0. The summed E-state index contributed by atoms with van der Waals surface area (Å²) in [7, 11) is -3.37. The van der Waals surface area contributed by atoms with Crippen molar-refractivity contribution in [3.63, 3.8) is 0 Å². The zero-order valence-corrected chi connectivity index (χ0v) is 20.7. The van der Waals surface area contributed by atoms with Crippen LogP contribution in [-0.4, -0.2) is 38.7 Å². The van der Waals surface area contributed by atoms with E-state index in [0.717, 1.165) is 36.3 Å². The summed E-state index contributed by atoms with van der Waals surface area (Å²) in [6.45, 7) is 2.49. The molecular weight excluding hydrogens is 528 g/mol. The number of alkyl halides is 6. The molecule has 0 radical (unpaired) electrons. The first-order valence-electron chi connectivity index (χ1n) is 10.9. The van der Waals surface area contributed by atoms with Gasteiger partial charge < -0.3 is 9.64 Å². The Bertz CT molecular complexity index is 1320. The fourth-order valence-corrected chi connectivity index (χ4v) is 6.05. The number of hydrogen-bond acceptors (Lipinski definition) is 5. The van der Waals surface area contributed by atoms with Crippen LogP contribution in [0.2, 0.25) is 0 Å². The van der Waals surface area contributed by atoms with Crippen LogP contribution >= 0.6 is 0 Å². The average Bonchev–Trinajstić information content (AvgIpc) is 2.82. The summed E-state index contributed by atoms with van der Waals surface area (Å²) in [5.41, 5.74) is -2.86. The fourth-order valence-electron chi connectivity index (χ4n) is 4.26. The molecule has 13 heteroatoms. The molecule has 0 aliphatic carbocycles. The van der Waals surface area contributed by atoms with E-state index in [9.17, 15) is 44.3 Å². The molecule has 1 saturated heterocycles. The maximum atomic E-state index is 13.3. The average molecular weight is 552 g/mol. The van der Waals surface area contributed by atoms with Crippen LogP contribution in [0.15, 0.2) is 47.4 Å². The topological polar surface area (TPSA) is 80.8 Å². The van der Waals surface area contributed by atoms with Crippen molar-refractivity contribution in [1.82, 2.24) is 0 Å². The number of ether oxygens (including phenoxy) is 1. The van der Waals surface area contributed by atoms with Crippen molar-refractivity contribution in [2.24, 2.45) is 5.92 Å². The number of benzene rings is 2. The van der Waals surface area contributed by atoms with Crippen LogP contribution in [0.1, 0.15) is 48.2 Å². The molecule has 1 fully saturated rings. The number of amides is 1. The van der Waals surface area contributed by atoms with Gasteiger partial charge in [0.05, 0.1) is 39.1 Å². The number of carbonyl (C=O) groups is 2. The van der Waals surface area contributed by atoms with Gasteiger partial charge in [-0.15, -0.1) is 0 Å². The first kappa shape index (κ1) is 28.5. The maximum absolute atomic E-state index is 13.3. The number of nitrogens with zero attached hydrogens (tertiary/aromatic N) is 1. The van der Waals surface area contributed by atoms with E-state index in [0.29, 0.717) is 18.2 Å². The second-order valence-electron chi connectivity index (χ2n) is 9.09. The van der Waals surface area contributed by atoms with Gasteiger partial charge in [-0.05, 0) is 62.6 Å². The quantitative estimate of drug-likeness (QED) is 0.362. The molecule has 6 nitrogen and oxygen atoms in total. The molecule has 2 aromatic rings. The SMILES string of the molecule is COC(=O)c1cc(C(F)(F)F)ccc1N1CCC(C(C)(C)S(=O)(=O)c2cccc(C(F)(F)F)c2)CC1=O. The Balaban J connectivity index is 1.92. The van der Waals surface area contributed by atoms with E-state index in [1.54, 1.807) is 0 Å². The van der Waals surface area contributed by atoms with E-state index in [4.69, 9.17) is 0 Å². The van der Waals surface area contributed by atoms with Crippen molar-refractivity contribution in [3.05, 3.63) is 59.2 Å². The lowest BCUT2D eigenvalue weighted by Crippen LogP contribution is -2.49. The lowest BCUT2D eigenvalue weighted by Gasteiger charge is -2.40. The number of carbonyl (C=O) groups excluding carboxylic acids is 2. The van der Waals surface area contributed by atoms with Crippen LogP contribution in [0, 0.1) is 5.92 Å². The standard InChI is InChI=1S/C24H23F6NO5S/c1-22(2,37(34,35)17-6-4-5-15(11-17)23(25,26)27)14-9-10-31(20(32)13-14)19-8-7-16(24(28,29)30)12-18(19)21(33)36-3/h4-8,11-12,14H,9-10,13H2,1-3H3. The van der Waals surface area contributed by atoms with Crippen LogP contribution in [0.25, 0.3) is 0 Å². The molecule has 0 spiro atoms. The third-order valence-electron chi connectivity index (χ3n) is 6.59. The van der Waals surface area contributed by atoms with Gasteiger partial charge in [0.2, 0.25) is 5.91 Å². The first-order chi connectivity index (χ1) is 16.9. The molecule has 2 aromatic carbocycles. The summed E-state index contributed by atoms with van der Waals surface area (Å²) in [6.07, 6.45) is -9.82. The van der Waals surface area contributed by atoms with Crippen LogP contribution in [0.5, 0.6) is 0 Å². The van der Waals surface area contributed by atoms with Crippen molar-refractivity contribution in [1.29, 1.82) is 0 Å². The van der Waals surface area contributed by atoms with Gasteiger partial charge in [0, 0.05) is 13.0 Å².